The Labute approximate surface area is 305 Å². The molecule has 5 heteroatoms. The topological polar surface area (TPSA) is 72.8 Å². The van der Waals surface area contributed by atoms with E-state index in [1.165, 1.54) is 25.7 Å². The number of ether oxygens (including phenoxy) is 2. The molecule has 0 saturated heterocycles. The molecule has 0 aromatic rings. The Morgan fingerprint density at radius 1 is 0.440 bits per heavy atom. The molecule has 0 aliphatic carbocycles. The Kier molecular flexibility index (Phi) is 36.8. The molecular formula is C45H68O5. The van der Waals surface area contributed by atoms with Gasteiger partial charge in [0.25, 0.3) is 0 Å². The normalized spacial score (nSPS) is 13.6. The molecule has 0 rings (SSSR count). The van der Waals surface area contributed by atoms with Crippen molar-refractivity contribution in [2.45, 2.75) is 136 Å². The highest BCUT2D eigenvalue weighted by atomic mass is 16.6. The van der Waals surface area contributed by atoms with Gasteiger partial charge in [-0.1, -0.05) is 148 Å². The number of hydrogen-bond acceptors (Lipinski definition) is 5. The van der Waals surface area contributed by atoms with Gasteiger partial charge in [-0.05, 0) is 89.9 Å². The van der Waals surface area contributed by atoms with Gasteiger partial charge in [-0.25, -0.2) is 0 Å². The van der Waals surface area contributed by atoms with Crippen LogP contribution in [-0.4, -0.2) is 36.4 Å². The molecule has 0 bridgehead atoms. The van der Waals surface area contributed by atoms with Gasteiger partial charge in [0, 0.05) is 12.8 Å². The van der Waals surface area contributed by atoms with Crippen LogP contribution in [-0.2, 0) is 19.1 Å². The maximum Gasteiger partial charge on any atom is 0.306 e. The van der Waals surface area contributed by atoms with E-state index in [-0.39, 0.29) is 38.0 Å². The van der Waals surface area contributed by atoms with Crippen molar-refractivity contribution >= 4 is 11.9 Å². The van der Waals surface area contributed by atoms with E-state index < -0.39 is 6.10 Å². The quantitative estimate of drug-likeness (QED) is 0.0433. The highest BCUT2D eigenvalue weighted by Crippen LogP contribution is 2.04. The van der Waals surface area contributed by atoms with E-state index in [0.29, 0.717) is 12.8 Å². The fraction of sp³-hybridized carbons (Fsp3) is 0.511. The largest absolute Gasteiger partial charge is 0.463 e. The average molecular weight is 689 g/mol. The minimum atomic E-state index is -1.03. The summed E-state index contributed by atoms with van der Waals surface area (Å²) in [5.41, 5.74) is 0. The Bertz CT molecular complexity index is 1100. The van der Waals surface area contributed by atoms with Crippen LogP contribution in [0, 0.1) is 0 Å². The third kappa shape index (κ3) is 38.7. The zero-order valence-electron chi connectivity index (χ0n) is 31.3. The lowest BCUT2D eigenvalue weighted by molar-refractivity contribution is -0.152. The summed E-state index contributed by atoms with van der Waals surface area (Å²) in [6.07, 6.45) is 58.3. The summed E-state index contributed by atoms with van der Waals surface area (Å²) in [6, 6.07) is 0. The Hall–Kier alpha value is -3.70. The summed E-state index contributed by atoms with van der Waals surface area (Å²) in [5.74, 6) is -0.739. The predicted octanol–water partition coefficient (Wildman–Crippen LogP) is 12.1. The molecule has 0 aromatic carbocycles. The van der Waals surface area contributed by atoms with Gasteiger partial charge in [-0.3, -0.25) is 9.59 Å². The second-order valence-corrected chi connectivity index (χ2v) is 12.0. The van der Waals surface area contributed by atoms with Crippen molar-refractivity contribution in [2.24, 2.45) is 0 Å². The van der Waals surface area contributed by atoms with Crippen molar-refractivity contribution in [3.05, 3.63) is 122 Å². The highest BCUT2D eigenvalue weighted by molar-refractivity contribution is 5.70. The number of carbonyl (C=O) groups excluding carboxylic acids is 2. The molecule has 278 valence electrons. The minimum absolute atomic E-state index is 0.178. The predicted molar refractivity (Wildman–Crippen MR) is 214 cm³/mol. The summed E-state index contributed by atoms with van der Waals surface area (Å²) in [7, 11) is 0. The van der Waals surface area contributed by atoms with Crippen LogP contribution < -0.4 is 0 Å². The molecule has 0 heterocycles. The maximum absolute atomic E-state index is 11.9. The maximum atomic E-state index is 11.9. The molecule has 0 amide bonds. The molecule has 1 atom stereocenters. The van der Waals surface area contributed by atoms with E-state index in [2.05, 4.69) is 123 Å². The van der Waals surface area contributed by atoms with Crippen molar-refractivity contribution in [1.29, 1.82) is 0 Å². The van der Waals surface area contributed by atoms with Crippen LogP contribution in [0.5, 0.6) is 0 Å². The Morgan fingerprint density at radius 3 is 1.18 bits per heavy atom. The average Bonchev–Trinajstić information content (AvgIpc) is 3.12. The summed E-state index contributed by atoms with van der Waals surface area (Å²) in [6.45, 7) is 4.01. The standard InChI is InChI=1S/C45H68O5/c1-3-5-7-9-11-13-15-17-19-21-22-24-26-28-30-32-34-36-38-40-45(48)50-42-43(46)41-49-44(47)39-37-35-33-31-29-27-25-23-20-18-16-14-12-10-8-6-4-2/h6,8,11-14,17-20,22,24-25,27-28,30-31,33-34,36,43,46H,3-5,7,9-10,15-16,21,23,26,29,32,35,37-42H2,1-2H3/b8-6-,13-11-,14-12-,19-17-,20-18-,24-22-,27-25-,30-28-,33-31-,36-34-/t43-/m0/s1. The number of hydrogen-bond donors (Lipinski definition) is 1. The highest BCUT2D eigenvalue weighted by Gasteiger charge is 2.11. The van der Waals surface area contributed by atoms with Crippen molar-refractivity contribution in [3.8, 4) is 0 Å². The van der Waals surface area contributed by atoms with Gasteiger partial charge >= 0.3 is 11.9 Å². The zero-order valence-corrected chi connectivity index (χ0v) is 31.3. The van der Waals surface area contributed by atoms with Crippen LogP contribution in [0.3, 0.4) is 0 Å². The van der Waals surface area contributed by atoms with Gasteiger partial charge in [0.05, 0.1) is 0 Å². The van der Waals surface area contributed by atoms with E-state index in [1.807, 2.05) is 12.2 Å². The van der Waals surface area contributed by atoms with Gasteiger partial charge in [0.2, 0.25) is 0 Å². The second kappa shape index (κ2) is 39.7. The lowest BCUT2D eigenvalue weighted by Gasteiger charge is -2.11. The molecular weight excluding hydrogens is 620 g/mol. The second-order valence-electron chi connectivity index (χ2n) is 12.0. The Balaban J connectivity index is 3.71. The minimum Gasteiger partial charge on any atom is -0.463 e. The smallest absolute Gasteiger partial charge is 0.306 e. The van der Waals surface area contributed by atoms with E-state index in [1.54, 1.807) is 0 Å². The van der Waals surface area contributed by atoms with Crippen molar-refractivity contribution in [2.75, 3.05) is 13.2 Å². The molecule has 1 N–H and O–H groups in total. The molecule has 0 saturated carbocycles. The summed E-state index contributed by atoms with van der Waals surface area (Å²) in [4.78, 5) is 23.9. The van der Waals surface area contributed by atoms with Gasteiger partial charge in [-0.2, -0.15) is 0 Å². The molecule has 0 aliphatic heterocycles. The van der Waals surface area contributed by atoms with Crippen molar-refractivity contribution in [3.63, 3.8) is 0 Å². The van der Waals surface area contributed by atoms with Gasteiger partial charge in [0.1, 0.15) is 19.3 Å². The molecule has 5 nitrogen and oxygen atoms in total. The van der Waals surface area contributed by atoms with Gasteiger partial charge in [0.15, 0.2) is 0 Å². The first-order valence-corrected chi connectivity index (χ1v) is 19.1. The number of carbonyl (C=O) groups is 2. The SMILES string of the molecule is CC/C=C\C/C=C\C/C=C\C/C=C\C/C=C\CCCC(=O)OC[C@H](O)COC(=O)CC/C=C\C/C=C\C/C=C\C/C=C\C/C=C\CCCCC. The lowest BCUT2D eigenvalue weighted by atomic mass is 10.2. The number of unbranched alkanes of at least 4 members (excludes halogenated alkanes) is 4. The molecule has 0 radical (unpaired) electrons. The third-order valence-corrected chi connectivity index (χ3v) is 7.19. The first-order valence-electron chi connectivity index (χ1n) is 19.1. The molecule has 0 fully saturated rings. The number of esters is 2. The molecule has 0 aliphatic rings. The molecule has 0 spiro atoms. The van der Waals surface area contributed by atoms with Crippen molar-refractivity contribution in [1.82, 2.24) is 0 Å². The van der Waals surface area contributed by atoms with Gasteiger partial charge < -0.3 is 14.6 Å². The number of rotatable bonds is 32. The number of allylic oxidation sites excluding steroid dienone is 20. The van der Waals surface area contributed by atoms with Crippen molar-refractivity contribution < 1.29 is 24.2 Å². The van der Waals surface area contributed by atoms with Crippen LogP contribution in [0.1, 0.15) is 129 Å². The number of aliphatic hydroxyl groups excluding tert-OH is 1. The van der Waals surface area contributed by atoms with Crippen LogP contribution in [0.2, 0.25) is 0 Å². The zero-order chi connectivity index (χ0) is 36.4. The first-order chi connectivity index (χ1) is 24.6. The van der Waals surface area contributed by atoms with E-state index in [0.717, 1.165) is 64.2 Å². The summed E-state index contributed by atoms with van der Waals surface area (Å²) in [5, 5.41) is 9.99. The van der Waals surface area contributed by atoms with Crippen LogP contribution in [0.15, 0.2) is 122 Å². The molecule has 0 aromatic heterocycles. The fourth-order valence-corrected chi connectivity index (χ4v) is 4.34. The van der Waals surface area contributed by atoms with E-state index in [4.69, 9.17) is 9.47 Å². The van der Waals surface area contributed by atoms with E-state index >= 15 is 0 Å². The number of aliphatic hydroxyl groups is 1. The van der Waals surface area contributed by atoms with E-state index in [9.17, 15) is 14.7 Å². The monoisotopic (exact) mass is 689 g/mol. The lowest BCUT2D eigenvalue weighted by Crippen LogP contribution is -2.25. The Morgan fingerprint density at radius 2 is 0.780 bits per heavy atom. The van der Waals surface area contributed by atoms with Crippen LogP contribution >= 0.6 is 0 Å². The van der Waals surface area contributed by atoms with Crippen LogP contribution in [0.4, 0.5) is 0 Å². The first kappa shape index (κ1) is 46.3. The fourth-order valence-electron chi connectivity index (χ4n) is 4.34. The van der Waals surface area contributed by atoms with Crippen LogP contribution in [0.25, 0.3) is 0 Å². The molecule has 0 unspecified atom stereocenters. The summed E-state index contributed by atoms with van der Waals surface area (Å²) >= 11 is 0. The third-order valence-electron chi connectivity index (χ3n) is 7.19. The molecule has 50 heavy (non-hydrogen) atoms. The summed E-state index contributed by atoms with van der Waals surface area (Å²) < 4.78 is 10.2. The van der Waals surface area contributed by atoms with Gasteiger partial charge in [-0.15, -0.1) is 0 Å².